The Hall–Kier alpha value is -3.01. The van der Waals surface area contributed by atoms with Crippen molar-refractivity contribution in [3.05, 3.63) is 62.4 Å². The van der Waals surface area contributed by atoms with Crippen molar-refractivity contribution in [2.24, 2.45) is 20.0 Å². The Balaban J connectivity index is 2.00. The van der Waals surface area contributed by atoms with E-state index in [2.05, 4.69) is 10.3 Å². The number of nitrogens with zero attached hydrogens (tertiary/aromatic N) is 3. The number of anilines is 1. The zero-order valence-corrected chi connectivity index (χ0v) is 18.3. The average molecular weight is 448 g/mol. The molecule has 31 heavy (non-hydrogen) atoms. The van der Waals surface area contributed by atoms with E-state index in [-0.39, 0.29) is 28.4 Å². The molecule has 3 aromatic rings. The summed E-state index contributed by atoms with van der Waals surface area (Å²) in [5, 5.41) is 2.66. The van der Waals surface area contributed by atoms with Gasteiger partial charge in [0.15, 0.2) is 0 Å². The Labute approximate surface area is 181 Å². The van der Waals surface area contributed by atoms with Crippen LogP contribution in [-0.4, -0.2) is 25.8 Å². The van der Waals surface area contributed by atoms with E-state index >= 15 is 0 Å². The van der Waals surface area contributed by atoms with E-state index in [1.165, 1.54) is 18.7 Å². The Morgan fingerprint density at radius 3 is 2.55 bits per heavy atom. The largest absolute Gasteiger partial charge is 0.332 e. The maximum atomic E-state index is 13.8. The molecule has 1 amide bonds. The molecule has 164 valence electrons. The molecule has 10 heteroatoms. The SMILES string of the molecule is CC(C)Cc1cnc2c(c1SCC(=O)Nc1ccc(F)cc1F)c(=O)n(C)c(=O)n2C. The molecule has 0 aliphatic rings. The van der Waals surface area contributed by atoms with E-state index < -0.39 is 28.8 Å². The van der Waals surface area contributed by atoms with Gasteiger partial charge in [0.25, 0.3) is 5.56 Å². The van der Waals surface area contributed by atoms with Gasteiger partial charge < -0.3 is 5.32 Å². The Bertz CT molecular complexity index is 1280. The van der Waals surface area contributed by atoms with Gasteiger partial charge in [0, 0.05) is 31.3 Å². The molecule has 0 bridgehead atoms. The summed E-state index contributed by atoms with van der Waals surface area (Å²) in [5.41, 5.74) is -0.116. The molecule has 7 nitrogen and oxygen atoms in total. The summed E-state index contributed by atoms with van der Waals surface area (Å²) in [5.74, 6) is -1.99. The van der Waals surface area contributed by atoms with E-state index in [4.69, 9.17) is 0 Å². The maximum Gasteiger partial charge on any atom is 0.332 e. The topological polar surface area (TPSA) is 86.0 Å². The molecule has 0 saturated carbocycles. The molecule has 0 radical (unpaired) electrons. The van der Waals surface area contributed by atoms with E-state index in [1.54, 1.807) is 6.20 Å². The molecule has 1 N–H and O–H groups in total. The molecule has 2 heterocycles. The molecule has 3 rings (SSSR count). The van der Waals surface area contributed by atoms with E-state index in [9.17, 15) is 23.2 Å². The van der Waals surface area contributed by atoms with Crippen molar-refractivity contribution in [2.45, 2.75) is 25.2 Å². The second kappa shape index (κ2) is 9.01. The van der Waals surface area contributed by atoms with Gasteiger partial charge in [-0.05, 0) is 30.0 Å². The molecule has 2 aromatic heterocycles. The highest BCUT2D eigenvalue weighted by Gasteiger charge is 2.19. The third kappa shape index (κ3) is 4.68. The lowest BCUT2D eigenvalue weighted by molar-refractivity contribution is -0.113. The van der Waals surface area contributed by atoms with Crippen LogP contribution in [0.5, 0.6) is 0 Å². The third-order valence-corrected chi connectivity index (χ3v) is 5.84. The van der Waals surface area contributed by atoms with Crippen molar-refractivity contribution >= 4 is 34.4 Å². The molecule has 1 aromatic carbocycles. The fourth-order valence-electron chi connectivity index (χ4n) is 3.21. The van der Waals surface area contributed by atoms with Gasteiger partial charge >= 0.3 is 5.69 Å². The van der Waals surface area contributed by atoms with E-state index in [1.807, 2.05) is 13.8 Å². The number of benzene rings is 1. The zero-order valence-electron chi connectivity index (χ0n) is 17.5. The smallest absolute Gasteiger partial charge is 0.323 e. The third-order valence-electron chi connectivity index (χ3n) is 4.68. The summed E-state index contributed by atoms with van der Waals surface area (Å²) < 4.78 is 29.2. The number of pyridine rings is 1. The highest BCUT2D eigenvalue weighted by atomic mass is 32.2. The number of carbonyl (C=O) groups excluding carboxylic acids is 1. The maximum absolute atomic E-state index is 13.8. The predicted molar refractivity (Wildman–Crippen MR) is 116 cm³/mol. The van der Waals surface area contributed by atoms with Crippen LogP contribution < -0.4 is 16.6 Å². The van der Waals surface area contributed by atoms with Crippen molar-refractivity contribution in [1.29, 1.82) is 0 Å². The first-order valence-corrected chi connectivity index (χ1v) is 10.5. The zero-order chi connectivity index (χ0) is 22.9. The number of thioether (sulfide) groups is 1. The first kappa shape index (κ1) is 22.7. The normalized spacial score (nSPS) is 11.3. The van der Waals surface area contributed by atoms with Crippen LogP contribution in [0.25, 0.3) is 11.0 Å². The predicted octanol–water partition coefficient (Wildman–Crippen LogP) is 2.84. The van der Waals surface area contributed by atoms with Crippen LogP contribution in [0.3, 0.4) is 0 Å². The van der Waals surface area contributed by atoms with Gasteiger partial charge in [-0.2, -0.15) is 0 Å². The lowest BCUT2D eigenvalue weighted by atomic mass is 10.0. The molecule has 0 fully saturated rings. The van der Waals surface area contributed by atoms with Crippen LogP contribution in [0, 0.1) is 17.6 Å². The summed E-state index contributed by atoms with van der Waals surface area (Å²) in [6.45, 7) is 4.03. The highest BCUT2D eigenvalue weighted by molar-refractivity contribution is 8.00. The number of hydrogen-bond acceptors (Lipinski definition) is 5. The lowest BCUT2D eigenvalue weighted by Crippen LogP contribution is -2.37. The molecule has 0 unspecified atom stereocenters. The Kier molecular flexibility index (Phi) is 6.59. The Morgan fingerprint density at radius 2 is 1.90 bits per heavy atom. The quantitative estimate of drug-likeness (QED) is 0.586. The number of amides is 1. The van der Waals surface area contributed by atoms with Crippen molar-refractivity contribution in [2.75, 3.05) is 11.1 Å². The minimum absolute atomic E-state index is 0.118. The Morgan fingerprint density at radius 1 is 1.19 bits per heavy atom. The minimum Gasteiger partial charge on any atom is -0.323 e. The van der Waals surface area contributed by atoms with Crippen LogP contribution in [0.15, 0.2) is 38.9 Å². The van der Waals surface area contributed by atoms with Crippen molar-refractivity contribution in [3.63, 3.8) is 0 Å². The number of aryl methyl sites for hydroxylation is 1. The first-order valence-electron chi connectivity index (χ1n) is 9.55. The summed E-state index contributed by atoms with van der Waals surface area (Å²) in [6.07, 6.45) is 2.23. The molecule has 0 aliphatic carbocycles. The number of nitrogens with one attached hydrogen (secondary N) is 1. The summed E-state index contributed by atoms with van der Waals surface area (Å²) in [7, 11) is 2.91. The van der Waals surface area contributed by atoms with Crippen molar-refractivity contribution < 1.29 is 13.6 Å². The molecular weight excluding hydrogens is 426 g/mol. The monoisotopic (exact) mass is 448 g/mol. The minimum atomic E-state index is -0.878. The summed E-state index contributed by atoms with van der Waals surface area (Å²) in [4.78, 5) is 42.4. The van der Waals surface area contributed by atoms with E-state index in [0.717, 1.165) is 34.0 Å². The van der Waals surface area contributed by atoms with E-state index in [0.29, 0.717) is 17.4 Å². The summed E-state index contributed by atoms with van der Waals surface area (Å²) in [6, 6.07) is 2.88. The second-order valence-corrected chi connectivity index (χ2v) is 8.56. The van der Waals surface area contributed by atoms with Gasteiger partial charge in [0.2, 0.25) is 5.91 Å². The van der Waals surface area contributed by atoms with Crippen LogP contribution in [-0.2, 0) is 25.3 Å². The standard InChI is InChI=1S/C21H22F2N4O3S/c1-11(2)7-12-9-24-19-17(20(29)27(4)21(30)26(19)3)18(12)31-10-16(28)25-15-6-5-13(22)8-14(15)23/h5-6,8-9,11H,7,10H2,1-4H3,(H,25,28). The van der Waals surface area contributed by atoms with Gasteiger partial charge in [0.05, 0.1) is 16.8 Å². The lowest BCUT2D eigenvalue weighted by Gasteiger charge is -2.15. The van der Waals surface area contributed by atoms with Gasteiger partial charge in [-0.25, -0.2) is 18.6 Å². The van der Waals surface area contributed by atoms with Crippen LogP contribution >= 0.6 is 11.8 Å². The van der Waals surface area contributed by atoms with Gasteiger partial charge in [0.1, 0.15) is 17.3 Å². The number of aromatic nitrogens is 3. The number of halogens is 2. The number of hydrogen-bond donors (Lipinski definition) is 1. The van der Waals surface area contributed by atoms with Crippen LogP contribution in [0.4, 0.5) is 14.5 Å². The van der Waals surface area contributed by atoms with Crippen molar-refractivity contribution in [1.82, 2.24) is 14.1 Å². The number of rotatable bonds is 6. The molecule has 0 spiro atoms. The molecule has 0 saturated heterocycles. The van der Waals surface area contributed by atoms with Gasteiger partial charge in [-0.15, -0.1) is 11.8 Å². The van der Waals surface area contributed by atoms with Gasteiger partial charge in [-0.3, -0.25) is 18.7 Å². The van der Waals surface area contributed by atoms with Crippen LogP contribution in [0.2, 0.25) is 0 Å². The van der Waals surface area contributed by atoms with Gasteiger partial charge in [-0.1, -0.05) is 13.8 Å². The van der Waals surface area contributed by atoms with Crippen molar-refractivity contribution in [3.8, 4) is 0 Å². The molecule has 0 aliphatic heterocycles. The van der Waals surface area contributed by atoms with Crippen LogP contribution in [0.1, 0.15) is 19.4 Å². The fraction of sp³-hybridized carbons (Fsp3) is 0.333. The molecular formula is C21H22F2N4O3S. The summed E-state index contributed by atoms with van der Waals surface area (Å²) >= 11 is 1.12. The average Bonchev–Trinajstić information content (AvgIpc) is 2.71. The second-order valence-electron chi connectivity index (χ2n) is 7.58. The molecule has 0 atom stereocenters. The highest BCUT2D eigenvalue weighted by Crippen LogP contribution is 2.30. The fourth-order valence-corrected chi connectivity index (χ4v) is 4.20. The number of fused-ring (bicyclic) bond motifs is 1. The first-order chi connectivity index (χ1) is 14.6. The number of carbonyl (C=O) groups is 1.